The number of carboxylic acid groups (broad SMARTS) is 1. The van der Waals surface area contributed by atoms with Crippen molar-refractivity contribution in [1.82, 2.24) is 9.88 Å². The lowest BCUT2D eigenvalue weighted by Gasteiger charge is -2.25. The van der Waals surface area contributed by atoms with Crippen LogP contribution in [0.3, 0.4) is 0 Å². The maximum absolute atomic E-state index is 13.6. The van der Waals surface area contributed by atoms with Gasteiger partial charge in [-0.2, -0.15) is 0 Å². The Hall–Kier alpha value is -1.20. The van der Waals surface area contributed by atoms with Crippen molar-refractivity contribution in [3.05, 3.63) is 27.8 Å². The van der Waals surface area contributed by atoms with Crippen molar-refractivity contribution in [3.63, 3.8) is 0 Å². The van der Waals surface area contributed by atoms with Gasteiger partial charge in [-0.25, -0.2) is 14.2 Å². The van der Waals surface area contributed by atoms with Gasteiger partial charge in [0.25, 0.3) is 0 Å². The standard InChI is InChI=1S/C10H10ClFN2O2/c1-14-3-2-6-5(4-14)7(10(15)16)8(12)9(11)13-6/h2-4H2,1H3,(H,15,16). The van der Waals surface area contributed by atoms with Crippen LogP contribution < -0.4 is 0 Å². The zero-order valence-electron chi connectivity index (χ0n) is 8.63. The zero-order chi connectivity index (χ0) is 11.9. The molecule has 16 heavy (non-hydrogen) atoms. The van der Waals surface area contributed by atoms with Crippen molar-refractivity contribution in [1.29, 1.82) is 0 Å². The first-order valence-electron chi connectivity index (χ1n) is 4.79. The van der Waals surface area contributed by atoms with E-state index in [1.54, 1.807) is 0 Å². The van der Waals surface area contributed by atoms with Gasteiger partial charge in [-0.15, -0.1) is 0 Å². The Bertz CT molecular complexity index is 465. The van der Waals surface area contributed by atoms with Gasteiger partial charge in [-0.3, -0.25) is 0 Å². The van der Waals surface area contributed by atoms with E-state index in [1.807, 2.05) is 11.9 Å². The fourth-order valence-corrected chi connectivity index (χ4v) is 2.06. The van der Waals surface area contributed by atoms with Gasteiger partial charge in [0.05, 0.1) is 0 Å². The molecule has 0 atom stereocenters. The number of carbonyl (C=O) groups is 1. The average Bonchev–Trinajstić information content (AvgIpc) is 2.20. The number of hydrogen-bond donors (Lipinski definition) is 1. The number of fused-ring (bicyclic) bond motifs is 1. The van der Waals surface area contributed by atoms with Gasteiger partial charge in [0.1, 0.15) is 5.56 Å². The van der Waals surface area contributed by atoms with E-state index in [9.17, 15) is 9.18 Å². The number of aromatic carboxylic acids is 1. The van der Waals surface area contributed by atoms with E-state index in [1.165, 1.54) is 0 Å². The monoisotopic (exact) mass is 244 g/mol. The molecule has 2 heterocycles. The maximum atomic E-state index is 13.6. The molecule has 0 saturated carbocycles. The van der Waals surface area contributed by atoms with Crippen molar-refractivity contribution < 1.29 is 14.3 Å². The molecule has 1 N–H and O–H groups in total. The van der Waals surface area contributed by atoms with Gasteiger partial charge < -0.3 is 10.0 Å². The summed E-state index contributed by atoms with van der Waals surface area (Å²) in [7, 11) is 1.85. The minimum atomic E-state index is -1.30. The second-order valence-electron chi connectivity index (χ2n) is 3.81. The van der Waals surface area contributed by atoms with E-state index in [2.05, 4.69) is 4.98 Å². The predicted octanol–water partition coefficient (Wildman–Crippen LogP) is 1.56. The van der Waals surface area contributed by atoms with Crippen molar-refractivity contribution >= 4 is 17.6 Å². The Morgan fingerprint density at radius 1 is 1.62 bits per heavy atom. The zero-order valence-corrected chi connectivity index (χ0v) is 9.38. The Morgan fingerprint density at radius 3 is 2.94 bits per heavy atom. The molecule has 1 aliphatic heterocycles. The normalized spacial score (nSPS) is 15.9. The van der Waals surface area contributed by atoms with E-state index < -0.39 is 11.8 Å². The summed E-state index contributed by atoms with van der Waals surface area (Å²) in [6.45, 7) is 1.15. The van der Waals surface area contributed by atoms with E-state index in [-0.39, 0.29) is 10.7 Å². The van der Waals surface area contributed by atoms with Crippen molar-refractivity contribution in [2.75, 3.05) is 13.6 Å². The number of pyridine rings is 1. The van der Waals surface area contributed by atoms with Crippen molar-refractivity contribution in [3.8, 4) is 0 Å². The third-order valence-corrected chi connectivity index (χ3v) is 2.91. The lowest BCUT2D eigenvalue weighted by molar-refractivity contribution is 0.0688. The van der Waals surface area contributed by atoms with Gasteiger partial charge in [-0.05, 0) is 7.05 Å². The van der Waals surface area contributed by atoms with Crippen LogP contribution in [0.25, 0.3) is 0 Å². The van der Waals surface area contributed by atoms with Crippen LogP contribution in [0.15, 0.2) is 0 Å². The summed E-state index contributed by atoms with van der Waals surface area (Å²) in [5.74, 6) is -2.24. The van der Waals surface area contributed by atoms with Gasteiger partial charge >= 0.3 is 5.97 Å². The molecule has 0 aliphatic carbocycles. The Kier molecular flexibility index (Phi) is 2.82. The second-order valence-corrected chi connectivity index (χ2v) is 4.17. The minimum absolute atomic E-state index is 0.346. The second kappa shape index (κ2) is 3.99. The summed E-state index contributed by atoms with van der Waals surface area (Å²) < 4.78 is 13.6. The van der Waals surface area contributed by atoms with Crippen molar-refractivity contribution in [2.24, 2.45) is 0 Å². The third-order valence-electron chi connectivity index (χ3n) is 2.66. The maximum Gasteiger partial charge on any atom is 0.339 e. The highest BCUT2D eigenvalue weighted by Crippen LogP contribution is 2.26. The predicted molar refractivity (Wildman–Crippen MR) is 56.2 cm³/mol. The summed E-state index contributed by atoms with van der Waals surface area (Å²) in [6, 6.07) is 0. The van der Waals surface area contributed by atoms with Crippen LogP contribution in [0.1, 0.15) is 21.6 Å². The SMILES string of the molecule is CN1CCc2nc(Cl)c(F)c(C(=O)O)c2C1. The molecule has 0 amide bonds. The molecular formula is C10H10ClFN2O2. The Balaban J connectivity index is 2.65. The number of carboxylic acids is 1. The first-order valence-corrected chi connectivity index (χ1v) is 5.17. The molecule has 1 aliphatic rings. The fraction of sp³-hybridized carbons (Fsp3) is 0.400. The third kappa shape index (κ3) is 1.76. The molecule has 0 spiro atoms. The lowest BCUT2D eigenvalue weighted by Crippen LogP contribution is -2.29. The number of aromatic nitrogens is 1. The highest BCUT2D eigenvalue weighted by Gasteiger charge is 2.26. The minimum Gasteiger partial charge on any atom is -0.478 e. The molecule has 6 heteroatoms. The molecule has 2 rings (SSSR count). The molecule has 0 fully saturated rings. The molecule has 0 saturated heterocycles. The van der Waals surface area contributed by atoms with Crippen LogP contribution in [0, 0.1) is 5.82 Å². The fourth-order valence-electron chi connectivity index (χ4n) is 1.86. The molecule has 0 unspecified atom stereocenters. The van der Waals surface area contributed by atoms with E-state index in [0.29, 0.717) is 24.2 Å². The molecule has 1 aromatic rings. The van der Waals surface area contributed by atoms with Crippen LogP contribution in [-0.2, 0) is 13.0 Å². The lowest BCUT2D eigenvalue weighted by atomic mass is 10.00. The highest BCUT2D eigenvalue weighted by atomic mass is 35.5. The quantitative estimate of drug-likeness (QED) is 0.762. The van der Waals surface area contributed by atoms with Gasteiger partial charge in [0.2, 0.25) is 0 Å². The summed E-state index contributed by atoms with van der Waals surface area (Å²) in [6.07, 6.45) is 0.589. The molecular weight excluding hydrogens is 235 g/mol. The summed E-state index contributed by atoms with van der Waals surface area (Å²) in [5, 5.41) is 8.63. The smallest absolute Gasteiger partial charge is 0.339 e. The van der Waals surface area contributed by atoms with Gasteiger partial charge in [0.15, 0.2) is 11.0 Å². The van der Waals surface area contributed by atoms with Gasteiger partial charge in [0, 0.05) is 30.8 Å². The summed E-state index contributed by atoms with van der Waals surface area (Å²) in [5.41, 5.74) is 0.673. The average molecular weight is 245 g/mol. The molecule has 0 aromatic carbocycles. The molecule has 0 bridgehead atoms. The van der Waals surface area contributed by atoms with Crippen molar-refractivity contribution in [2.45, 2.75) is 13.0 Å². The van der Waals surface area contributed by atoms with Crippen LogP contribution in [0.5, 0.6) is 0 Å². The summed E-state index contributed by atoms with van der Waals surface area (Å²) >= 11 is 5.57. The molecule has 1 aromatic heterocycles. The Labute approximate surface area is 96.7 Å². The number of halogens is 2. The van der Waals surface area contributed by atoms with Crippen LogP contribution in [0.2, 0.25) is 5.15 Å². The number of likely N-dealkylation sites (N-methyl/N-ethyl adjacent to an activating group) is 1. The van der Waals surface area contributed by atoms with Crippen LogP contribution in [-0.4, -0.2) is 34.6 Å². The van der Waals surface area contributed by atoms with Gasteiger partial charge in [-0.1, -0.05) is 11.6 Å². The molecule has 4 nitrogen and oxygen atoms in total. The largest absolute Gasteiger partial charge is 0.478 e. The first kappa shape index (κ1) is 11.3. The first-order chi connectivity index (χ1) is 7.50. The van der Waals surface area contributed by atoms with E-state index >= 15 is 0 Å². The Morgan fingerprint density at radius 2 is 2.31 bits per heavy atom. The number of hydrogen-bond acceptors (Lipinski definition) is 3. The number of rotatable bonds is 1. The topological polar surface area (TPSA) is 53.4 Å². The molecule has 86 valence electrons. The van der Waals surface area contributed by atoms with Crippen LogP contribution in [0.4, 0.5) is 4.39 Å². The van der Waals surface area contributed by atoms with E-state index in [4.69, 9.17) is 16.7 Å². The summed E-state index contributed by atoms with van der Waals surface area (Å²) in [4.78, 5) is 16.8. The highest BCUT2D eigenvalue weighted by molar-refractivity contribution is 6.30. The number of nitrogens with zero attached hydrogens (tertiary/aromatic N) is 2. The molecule has 0 radical (unpaired) electrons. The van der Waals surface area contributed by atoms with Crippen LogP contribution >= 0.6 is 11.6 Å². The van der Waals surface area contributed by atoms with E-state index in [0.717, 1.165) is 6.54 Å².